The lowest BCUT2D eigenvalue weighted by atomic mass is 10.2. The average molecular weight is 416 g/mol. The van der Waals surface area contributed by atoms with Gasteiger partial charge in [-0.25, -0.2) is 12.8 Å². The van der Waals surface area contributed by atoms with Crippen molar-refractivity contribution < 1.29 is 22.5 Å². The molecule has 8 nitrogen and oxygen atoms in total. The molecular formula is C16H15ClFN3O5S. The van der Waals surface area contributed by atoms with Gasteiger partial charge in [0.1, 0.15) is 16.9 Å². The molecule has 0 aliphatic rings. The first-order chi connectivity index (χ1) is 12.6. The van der Waals surface area contributed by atoms with E-state index in [2.05, 4.69) is 10.0 Å². The summed E-state index contributed by atoms with van der Waals surface area (Å²) in [6.07, 6.45) is 0.113. The summed E-state index contributed by atoms with van der Waals surface area (Å²) >= 11 is 5.71. The van der Waals surface area contributed by atoms with E-state index in [0.29, 0.717) is 0 Å². The molecule has 0 saturated heterocycles. The first-order valence-electron chi connectivity index (χ1n) is 7.66. The molecule has 2 aromatic rings. The number of rotatable bonds is 7. The maximum atomic E-state index is 13.0. The smallest absolute Gasteiger partial charge is 0.289 e. The number of amides is 1. The third-order valence-electron chi connectivity index (χ3n) is 3.56. The zero-order valence-corrected chi connectivity index (χ0v) is 15.6. The van der Waals surface area contributed by atoms with Gasteiger partial charge in [-0.2, -0.15) is 4.72 Å². The number of nitrogens with zero attached hydrogens (tertiary/aromatic N) is 1. The minimum absolute atomic E-state index is 0.0931. The maximum Gasteiger partial charge on any atom is 0.289 e. The van der Waals surface area contributed by atoms with Crippen molar-refractivity contribution in [1.82, 2.24) is 4.72 Å². The van der Waals surface area contributed by atoms with Crippen molar-refractivity contribution >= 4 is 38.9 Å². The van der Waals surface area contributed by atoms with E-state index in [4.69, 9.17) is 11.6 Å². The summed E-state index contributed by atoms with van der Waals surface area (Å²) in [5, 5.41) is 13.2. The summed E-state index contributed by atoms with van der Waals surface area (Å²) in [5.41, 5.74) is -0.301. The van der Waals surface area contributed by atoms with Gasteiger partial charge in [0.05, 0.1) is 9.82 Å². The maximum absolute atomic E-state index is 13.0. The lowest BCUT2D eigenvalue weighted by Crippen LogP contribution is -2.43. The fraction of sp³-hybridized carbons (Fsp3) is 0.188. The molecule has 0 aromatic heterocycles. The van der Waals surface area contributed by atoms with Gasteiger partial charge in [-0.3, -0.25) is 14.9 Å². The highest BCUT2D eigenvalue weighted by molar-refractivity contribution is 7.89. The van der Waals surface area contributed by atoms with Gasteiger partial charge in [0.2, 0.25) is 15.9 Å². The standard InChI is InChI=1S/C16H15ClFN3O5S/c1-2-14(20-27(25,26)12-6-3-10(18)4-7-12)16(22)19-11-5-8-13(17)15(9-11)21(23)24/h3-9,14,20H,2H2,1H3,(H,19,22). The molecule has 1 amide bonds. The number of nitro groups is 1. The van der Waals surface area contributed by atoms with E-state index >= 15 is 0 Å². The summed E-state index contributed by atoms with van der Waals surface area (Å²) < 4.78 is 39.9. The highest BCUT2D eigenvalue weighted by atomic mass is 35.5. The van der Waals surface area contributed by atoms with Crippen LogP contribution in [-0.4, -0.2) is 25.3 Å². The molecule has 2 N–H and O–H groups in total. The molecule has 0 aliphatic heterocycles. The van der Waals surface area contributed by atoms with Crippen molar-refractivity contribution in [2.45, 2.75) is 24.3 Å². The average Bonchev–Trinajstić information content (AvgIpc) is 2.61. The fourth-order valence-electron chi connectivity index (χ4n) is 2.15. The number of carbonyl (C=O) groups excluding carboxylic acids is 1. The lowest BCUT2D eigenvalue weighted by Gasteiger charge is -2.17. The van der Waals surface area contributed by atoms with Crippen molar-refractivity contribution in [2.75, 3.05) is 5.32 Å². The van der Waals surface area contributed by atoms with Crippen LogP contribution >= 0.6 is 11.6 Å². The number of halogens is 2. The monoisotopic (exact) mass is 415 g/mol. The van der Waals surface area contributed by atoms with Gasteiger partial charge in [0.15, 0.2) is 0 Å². The molecule has 11 heteroatoms. The van der Waals surface area contributed by atoms with Gasteiger partial charge >= 0.3 is 0 Å². The number of hydrogen-bond donors (Lipinski definition) is 2. The molecule has 0 bridgehead atoms. The van der Waals surface area contributed by atoms with Gasteiger partial charge in [-0.1, -0.05) is 18.5 Å². The third-order valence-corrected chi connectivity index (χ3v) is 5.36. The topological polar surface area (TPSA) is 118 Å². The Morgan fingerprint density at radius 2 is 1.89 bits per heavy atom. The second-order valence-corrected chi connectivity index (χ2v) is 7.57. The van der Waals surface area contributed by atoms with Crippen LogP contribution in [0.25, 0.3) is 0 Å². The molecule has 144 valence electrons. The molecule has 2 aromatic carbocycles. The van der Waals surface area contributed by atoms with Gasteiger partial charge in [0, 0.05) is 11.8 Å². The van der Waals surface area contributed by atoms with E-state index in [1.54, 1.807) is 6.92 Å². The van der Waals surface area contributed by atoms with Crippen LogP contribution in [0.15, 0.2) is 47.4 Å². The molecule has 1 atom stereocenters. The molecule has 0 saturated carbocycles. The SMILES string of the molecule is CCC(NS(=O)(=O)c1ccc(F)cc1)C(=O)Nc1ccc(Cl)c([N+](=O)[O-])c1. The van der Waals surface area contributed by atoms with Gasteiger partial charge < -0.3 is 5.32 Å². The second-order valence-electron chi connectivity index (χ2n) is 5.45. The Bertz CT molecular complexity index is 967. The minimum atomic E-state index is -4.06. The van der Waals surface area contributed by atoms with Gasteiger partial charge in [-0.05, 0) is 42.8 Å². The number of benzene rings is 2. The number of sulfonamides is 1. The predicted molar refractivity (Wildman–Crippen MR) is 97.5 cm³/mol. The number of hydrogen-bond acceptors (Lipinski definition) is 5. The second kappa shape index (κ2) is 8.42. The van der Waals surface area contributed by atoms with Gasteiger partial charge in [0.25, 0.3) is 5.69 Å². The van der Waals surface area contributed by atoms with Crippen LogP contribution in [0.4, 0.5) is 15.8 Å². The molecular weight excluding hydrogens is 401 g/mol. The van der Waals surface area contributed by atoms with Crippen LogP contribution in [-0.2, 0) is 14.8 Å². The zero-order valence-electron chi connectivity index (χ0n) is 14.0. The van der Waals surface area contributed by atoms with Crippen molar-refractivity contribution in [3.05, 3.63) is 63.4 Å². The highest BCUT2D eigenvalue weighted by Gasteiger charge is 2.25. The van der Waals surface area contributed by atoms with Crippen molar-refractivity contribution in [3.63, 3.8) is 0 Å². The highest BCUT2D eigenvalue weighted by Crippen LogP contribution is 2.27. The molecule has 0 radical (unpaired) electrons. The van der Waals surface area contributed by atoms with E-state index in [-0.39, 0.29) is 22.0 Å². The van der Waals surface area contributed by atoms with Crippen LogP contribution in [0.3, 0.4) is 0 Å². The Morgan fingerprint density at radius 1 is 1.26 bits per heavy atom. The van der Waals surface area contributed by atoms with Crippen molar-refractivity contribution in [1.29, 1.82) is 0 Å². The van der Waals surface area contributed by atoms with E-state index in [0.717, 1.165) is 30.3 Å². The molecule has 27 heavy (non-hydrogen) atoms. The molecule has 0 fully saturated rings. The van der Waals surface area contributed by atoms with Crippen LogP contribution in [0.5, 0.6) is 0 Å². The van der Waals surface area contributed by atoms with Crippen LogP contribution < -0.4 is 10.0 Å². The Hall–Kier alpha value is -2.56. The van der Waals surface area contributed by atoms with Crippen LogP contribution in [0.2, 0.25) is 5.02 Å². The fourth-order valence-corrected chi connectivity index (χ4v) is 3.62. The number of anilines is 1. The molecule has 1 unspecified atom stereocenters. The Morgan fingerprint density at radius 3 is 2.44 bits per heavy atom. The van der Waals surface area contributed by atoms with Crippen molar-refractivity contribution in [2.24, 2.45) is 0 Å². The summed E-state index contributed by atoms with van der Waals surface area (Å²) in [6.45, 7) is 1.59. The molecule has 0 spiro atoms. The minimum Gasteiger partial charge on any atom is -0.324 e. The van der Waals surface area contributed by atoms with Gasteiger partial charge in [-0.15, -0.1) is 0 Å². The van der Waals surface area contributed by atoms with Crippen LogP contribution in [0.1, 0.15) is 13.3 Å². The first kappa shape index (κ1) is 20.7. The summed E-state index contributed by atoms with van der Waals surface area (Å²) in [5.74, 6) is -1.30. The van der Waals surface area contributed by atoms with E-state index < -0.39 is 38.4 Å². The summed E-state index contributed by atoms with van der Waals surface area (Å²) in [7, 11) is -4.06. The van der Waals surface area contributed by atoms with E-state index in [9.17, 15) is 27.7 Å². The molecule has 0 heterocycles. The third kappa shape index (κ3) is 5.22. The Balaban J connectivity index is 2.17. The van der Waals surface area contributed by atoms with Crippen molar-refractivity contribution in [3.8, 4) is 0 Å². The Kier molecular flexibility index (Phi) is 6.47. The summed E-state index contributed by atoms with van der Waals surface area (Å²) in [4.78, 5) is 22.4. The largest absolute Gasteiger partial charge is 0.324 e. The first-order valence-corrected chi connectivity index (χ1v) is 9.53. The zero-order chi connectivity index (χ0) is 20.2. The normalized spacial score (nSPS) is 12.4. The number of carbonyl (C=O) groups is 1. The van der Waals surface area contributed by atoms with E-state index in [1.165, 1.54) is 12.1 Å². The number of nitrogens with one attached hydrogen (secondary N) is 2. The summed E-state index contributed by atoms with van der Waals surface area (Å²) in [6, 6.07) is 6.66. The Labute approximate surface area is 159 Å². The molecule has 0 aliphatic carbocycles. The predicted octanol–water partition coefficient (Wildman–Crippen LogP) is 3.08. The number of nitro benzene ring substituents is 1. The van der Waals surface area contributed by atoms with E-state index in [1.807, 2.05) is 0 Å². The lowest BCUT2D eigenvalue weighted by molar-refractivity contribution is -0.384. The molecule has 2 rings (SSSR count). The quantitative estimate of drug-likeness (QED) is 0.532. The van der Waals surface area contributed by atoms with Crippen LogP contribution in [0, 0.1) is 15.9 Å².